The lowest BCUT2D eigenvalue weighted by molar-refractivity contribution is -0.0148. The van der Waals surface area contributed by atoms with Gasteiger partial charge in [0.05, 0.1) is 31.1 Å². The fourth-order valence-electron chi connectivity index (χ4n) is 1.80. The van der Waals surface area contributed by atoms with Crippen LogP contribution in [0.4, 0.5) is 0 Å². The van der Waals surface area contributed by atoms with Crippen LogP contribution in [0.25, 0.3) is 0 Å². The average Bonchev–Trinajstić information content (AvgIpc) is 2.38. The first-order valence-corrected chi connectivity index (χ1v) is 7.41. The van der Waals surface area contributed by atoms with E-state index in [0.29, 0.717) is 13.2 Å². The fourth-order valence-corrected chi connectivity index (χ4v) is 1.80. The smallest absolute Gasteiger partial charge is 0.137 e. The van der Waals surface area contributed by atoms with Crippen molar-refractivity contribution in [2.75, 3.05) is 19.8 Å². The molecule has 1 rings (SSSR count). The standard InChI is InChI=1S/C16H28N2O2/c1-6-8-18-15(12-20-16(3,4)5)13-9-14(19-7-2)11-17-10-13/h9-11,15,18H,6-8,12H2,1-5H3. The number of nitrogens with zero attached hydrogens (tertiary/aromatic N) is 1. The van der Waals surface area contributed by atoms with Gasteiger partial charge in [0.15, 0.2) is 0 Å². The van der Waals surface area contributed by atoms with Gasteiger partial charge in [-0.3, -0.25) is 4.98 Å². The van der Waals surface area contributed by atoms with Crippen molar-refractivity contribution in [1.82, 2.24) is 10.3 Å². The monoisotopic (exact) mass is 280 g/mol. The van der Waals surface area contributed by atoms with Crippen molar-refractivity contribution in [3.8, 4) is 5.75 Å². The molecule has 0 bridgehead atoms. The Balaban J connectivity index is 2.77. The molecule has 1 heterocycles. The van der Waals surface area contributed by atoms with Crippen LogP contribution in [-0.2, 0) is 4.74 Å². The van der Waals surface area contributed by atoms with Crippen LogP contribution in [0.15, 0.2) is 18.5 Å². The normalized spacial score (nSPS) is 13.2. The molecule has 0 aliphatic rings. The molecule has 4 nitrogen and oxygen atoms in total. The summed E-state index contributed by atoms with van der Waals surface area (Å²) in [5, 5.41) is 3.51. The first-order valence-electron chi connectivity index (χ1n) is 7.41. The Kier molecular flexibility index (Phi) is 6.96. The third kappa shape index (κ3) is 6.35. The van der Waals surface area contributed by atoms with E-state index in [2.05, 4.69) is 38.0 Å². The van der Waals surface area contributed by atoms with E-state index in [4.69, 9.17) is 9.47 Å². The van der Waals surface area contributed by atoms with E-state index in [9.17, 15) is 0 Å². The van der Waals surface area contributed by atoms with Crippen molar-refractivity contribution in [2.45, 2.75) is 52.7 Å². The molecule has 0 aromatic carbocycles. The minimum atomic E-state index is -0.142. The summed E-state index contributed by atoms with van der Waals surface area (Å²) in [6.45, 7) is 12.6. The quantitative estimate of drug-likeness (QED) is 0.793. The topological polar surface area (TPSA) is 43.4 Å². The van der Waals surface area contributed by atoms with Gasteiger partial charge in [-0.15, -0.1) is 0 Å². The Labute approximate surface area is 122 Å². The Morgan fingerprint density at radius 1 is 1.25 bits per heavy atom. The molecule has 0 aliphatic heterocycles. The van der Waals surface area contributed by atoms with Crippen molar-refractivity contribution >= 4 is 0 Å². The molecule has 0 aliphatic carbocycles. The second-order valence-electron chi connectivity index (χ2n) is 5.82. The molecular formula is C16H28N2O2. The summed E-state index contributed by atoms with van der Waals surface area (Å²) >= 11 is 0. The molecule has 0 saturated carbocycles. The maximum absolute atomic E-state index is 5.91. The number of rotatable bonds is 8. The molecule has 0 amide bonds. The zero-order chi connectivity index (χ0) is 15.0. The number of pyridine rings is 1. The van der Waals surface area contributed by atoms with Crippen molar-refractivity contribution < 1.29 is 9.47 Å². The van der Waals surface area contributed by atoms with Crippen molar-refractivity contribution in [1.29, 1.82) is 0 Å². The van der Waals surface area contributed by atoms with E-state index in [-0.39, 0.29) is 11.6 Å². The predicted molar refractivity (Wildman–Crippen MR) is 82.1 cm³/mol. The second-order valence-corrected chi connectivity index (χ2v) is 5.82. The fraction of sp³-hybridized carbons (Fsp3) is 0.688. The lowest BCUT2D eigenvalue weighted by atomic mass is 10.1. The van der Waals surface area contributed by atoms with Crippen LogP contribution in [0.2, 0.25) is 0 Å². The number of ether oxygens (including phenoxy) is 2. The molecule has 1 N–H and O–H groups in total. The molecule has 1 atom stereocenters. The number of aromatic nitrogens is 1. The average molecular weight is 280 g/mol. The van der Waals surface area contributed by atoms with E-state index in [1.54, 1.807) is 6.20 Å². The van der Waals surface area contributed by atoms with E-state index in [1.165, 1.54) is 0 Å². The third-order valence-corrected chi connectivity index (χ3v) is 2.77. The maximum atomic E-state index is 5.91. The van der Waals surface area contributed by atoms with Crippen LogP contribution >= 0.6 is 0 Å². The Hall–Kier alpha value is -1.13. The third-order valence-electron chi connectivity index (χ3n) is 2.77. The molecule has 0 spiro atoms. The van der Waals surface area contributed by atoms with Gasteiger partial charge in [-0.25, -0.2) is 0 Å². The van der Waals surface area contributed by atoms with Gasteiger partial charge in [-0.05, 0) is 52.3 Å². The van der Waals surface area contributed by atoms with Crippen LogP contribution in [0.3, 0.4) is 0 Å². The molecule has 1 aromatic rings. The largest absolute Gasteiger partial charge is 0.492 e. The van der Waals surface area contributed by atoms with Gasteiger partial charge in [0.1, 0.15) is 5.75 Å². The summed E-state index contributed by atoms with van der Waals surface area (Å²) in [6.07, 6.45) is 4.71. The van der Waals surface area contributed by atoms with Crippen molar-refractivity contribution in [3.05, 3.63) is 24.0 Å². The molecule has 4 heteroatoms. The number of hydrogen-bond acceptors (Lipinski definition) is 4. The van der Waals surface area contributed by atoms with Gasteiger partial charge >= 0.3 is 0 Å². The van der Waals surface area contributed by atoms with E-state index in [1.807, 2.05) is 19.2 Å². The highest BCUT2D eigenvalue weighted by Crippen LogP contribution is 2.20. The van der Waals surface area contributed by atoms with Crippen molar-refractivity contribution in [3.63, 3.8) is 0 Å². The summed E-state index contributed by atoms with van der Waals surface area (Å²) in [4.78, 5) is 4.26. The summed E-state index contributed by atoms with van der Waals surface area (Å²) in [5.74, 6) is 0.809. The van der Waals surface area contributed by atoms with E-state index >= 15 is 0 Å². The van der Waals surface area contributed by atoms with Crippen LogP contribution in [-0.4, -0.2) is 30.3 Å². The lowest BCUT2D eigenvalue weighted by Crippen LogP contribution is -2.30. The van der Waals surface area contributed by atoms with Crippen LogP contribution in [0.5, 0.6) is 5.75 Å². The number of nitrogens with one attached hydrogen (secondary N) is 1. The molecule has 1 unspecified atom stereocenters. The predicted octanol–water partition coefficient (Wildman–Crippen LogP) is 3.34. The van der Waals surface area contributed by atoms with Gasteiger partial charge in [0.25, 0.3) is 0 Å². The number of hydrogen-bond donors (Lipinski definition) is 1. The van der Waals surface area contributed by atoms with E-state index < -0.39 is 0 Å². The second kappa shape index (κ2) is 8.22. The maximum Gasteiger partial charge on any atom is 0.137 e. The molecule has 0 radical (unpaired) electrons. The molecule has 0 fully saturated rings. The van der Waals surface area contributed by atoms with Gasteiger partial charge in [-0.1, -0.05) is 6.92 Å². The van der Waals surface area contributed by atoms with Gasteiger partial charge in [-0.2, -0.15) is 0 Å². The highest BCUT2D eigenvalue weighted by atomic mass is 16.5. The van der Waals surface area contributed by atoms with Crippen LogP contribution in [0, 0.1) is 0 Å². The first-order chi connectivity index (χ1) is 9.46. The van der Waals surface area contributed by atoms with Crippen LogP contribution < -0.4 is 10.1 Å². The minimum absolute atomic E-state index is 0.141. The summed E-state index contributed by atoms with van der Waals surface area (Å²) in [6, 6.07) is 2.18. The molecule has 114 valence electrons. The SMILES string of the molecule is CCCNC(COC(C)(C)C)c1cncc(OCC)c1. The minimum Gasteiger partial charge on any atom is -0.492 e. The van der Waals surface area contributed by atoms with Gasteiger partial charge in [0.2, 0.25) is 0 Å². The molecule has 1 aromatic heterocycles. The lowest BCUT2D eigenvalue weighted by Gasteiger charge is -2.25. The molecule has 0 saturated heterocycles. The summed E-state index contributed by atoms with van der Waals surface area (Å²) < 4.78 is 11.4. The zero-order valence-corrected chi connectivity index (χ0v) is 13.4. The Morgan fingerprint density at radius 2 is 2.00 bits per heavy atom. The Bertz CT molecular complexity index is 388. The summed E-state index contributed by atoms with van der Waals surface area (Å²) in [5.41, 5.74) is 0.963. The van der Waals surface area contributed by atoms with Gasteiger partial charge in [0, 0.05) is 6.20 Å². The molecule has 20 heavy (non-hydrogen) atoms. The highest BCUT2D eigenvalue weighted by molar-refractivity contribution is 5.26. The zero-order valence-electron chi connectivity index (χ0n) is 13.4. The molecular weight excluding hydrogens is 252 g/mol. The van der Waals surface area contributed by atoms with Crippen molar-refractivity contribution in [2.24, 2.45) is 0 Å². The van der Waals surface area contributed by atoms with E-state index in [0.717, 1.165) is 24.3 Å². The van der Waals surface area contributed by atoms with Gasteiger partial charge < -0.3 is 14.8 Å². The highest BCUT2D eigenvalue weighted by Gasteiger charge is 2.17. The van der Waals surface area contributed by atoms with Crippen LogP contribution in [0.1, 0.15) is 52.6 Å². The Morgan fingerprint density at radius 3 is 2.60 bits per heavy atom. The first kappa shape index (κ1) is 16.9. The summed E-state index contributed by atoms with van der Waals surface area (Å²) in [7, 11) is 0.